The Morgan fingerprint density at radius 3 is 1.14 bits per heavy atom. The van der Waals surface area contributed by atoms with Crippen molar-refractivity contribution < 1.29 is 2.79 Å². The Hall–Kier alpha value is 1.05. The Morgan fingerprint density at radius 2 is 0.952 bits per heavy atom. The predicted molar refractivity (Wildman–Crippen MR) is 103 cm³/mol. The van der Waals surface area contributed by atoms with Crippen molar-refractivity contribution in [1.29, 1.82) is 0 Å². The fraction of sp³-hybridized carbons (Fsp3) is 1.00. The maximum atomic E-state index is 7.51. The first-order valence-electron chi connectivity index (χ1n) is 9.15. The van der Waals surface area contributed by atoms with E-state index >= 15 is 0 Å². The predicted octanol–water partition coefficient (Wildman–Crippen LogP) is 7.35. The summed E-state index contributed by atoms with van der Waals surface area (Å²) in [5, 5.41) is 5.41. The van der Waals surface area contributed by atoms with Crippen molar-refractivity contribution in [3.63, 3.8) is 0 Å². The van der Waals surface area contributed by atoms with Crippen LogP contribution in [0.25, 0.3) is 0 Å². The van der Waals surface area contributed by atoms with E-state index in [9.17, 15) is 0 Å². The molecule has 0 atom stereocenters. The molecule has 0 aromatic heterocycles. The molecule has 0 spiro atoms. The van der Waals surface area contributed by atoms with Crippen molar-refractivity contribution in [3.8, 4) is 0 Å². The van der Waals surface area contributed by atoms with Crippen LogP contribution in [0.3, 0.4) is 0 Å². The van der Waals surface area contributed by atoms with Gasteiger partial charge < -0.3 is 0 Å². The molecule has 0 aliphatic carbocycles. The van der Waals surface area contributed by atoms with E-state index < -0.39 is 27.2 Å². The molecule has 0 aliphatic rings. The van der Waals surface area contributed by atoms with E-state index in [2.05, 4.69) is 69.2 Å². The maximum absolute atomic E-state index is 7.51. The van der Waals surface area contributed by atoms with Gasteiger partial charge in [0.1, 0.15) is 0 Å². The van der Waals surface area contributed by atoms with E-state index in [1.54, 1.807) is 0 Å². The van der Waals surface area contributed by atoms with E-state index in [-0.39, 0.29) is 0 Å². The van der Waals surface area contributed by atoms with Crippen molar-refractivity contribution in [2.24, 2.45) is 0 Å². The van der Waals surface area contributed by atoms with Crippen LogP contribution in [0.4, 0.5) is 0 Å². The molecule has 0 heterocycles. The van der Waals surface area contributed by atoms with E-state index in [0.29, 0.717) is 8.49 Å². The molecule has 0 bridgehead atoms. The Kier molecular flexibility index (Phi) is 8.65. The molecule has 0 aromatic carbocycles. The summed E-state index contributed by atoms with van der Waals surface area (Å²) in [7, 11) is 0. The summed E-state index contributed by atoms with van der Waals surface area (Å²) in [5.41, 5.74) is 0. The molecule has 0 N–H and O–H groups in total. The van der Waals surface area contributed by atoms with Gasteiger partial charge in [-0.15, -0.1) is 0 Å². The summed E-state index contributed by atoms with van der Waals surface area (Å²) in [5.74, 6) is 0. The zero-order chi connectivity index (χ0) is 16.9. The second-order valence-electron chi connectivity index (χ2n) is 8.80. The fourth-order valence-corrected chi connectivity index (χ4v) is 40.6. The van der Waals surface area contributed by atoms with Crippen LogP contribution in [0.2, 0.25) is 29.5 Å². The molecular weight excluding hydrogens is 377 g/mol. The quantitative estimate of drug-likeness (QED) is 0.374. The monoisotopic (exact) mass is 422 g/mol. The van der Waals surface area contributed by atoms with Gasteiger partial charge in [-0.3, -0.25) is 0 Å². The van der Waals surface area contributed by atoms with Gasteiger partial charge in [0.2, 0.25) is 0 Å². The molecule has 3 heteroatoms. The van der Waals surface area contributed by atoms with Gasteiger partial charge in [-0.2, -0.15) is 0 Å². The van der Waals surface area contributed by atoms with Crippen LogP contribution in [0.1, 0.15) is 82.1 Å². The van der Waals surface area contributed by atoms with Crippen molar-refractivity contribution in [3.05, 3.63) is 0 Å². The Bertz CT molecular complexity index is 289. The molecule has 0 rings (SSSR count). The first kappa shape index (κ1) is 22.0. The zero-order valence-electron chi connectivity index (χ0n) is 16.7. The molecule has 0 aliphatic heterocycles. The molecule has 0 aromatic rings. The van der Waals surface area contributed by atoms with Gasteiger partial charge in [-0.05, 0) is 0 Å². The number of hydrogen-bond donors (Lipinski definition) is 0. The second-order valence-corrected chi connectivity index (χ2v) is 31.2. The summed E-state index contributed by atoms with van der Waals surface area (Å²) in [4.78, 5) is 0. The topological polar surface area (TPSA) is 9.23 Å². The molecule has 0 saturated carbocycles. The fourth-order valence-electron chi connectivity index (χ4n) is 3.92. The first-order chi connectivity index (χ1) is 9.45. The van der Waals surface area contributed by atoms with Crippen molar-refractivity contribution in [1.82, 2.24) is 0 Å². The van der Waals surface area contributed by atoms with Crippen molar-refractivity contribution in [2.75, 3.05) is 0 Å². The minimum absolute atomic E-state index is 0.396. The molecule has 0 amide bonds. The summed E-state index contributed by atoms with van der Waals surface area (Å²) < 4.78 is 8.31. The third-order valence-electron chi connectivity index (χ3n) is 5.57. The Balaban J connectivity index is 5.84. The van der Waals surface area contributed by atoms with Gasteiger partial charge in [0, 0.05) is 0 Å². The molecule has 0 radical (unpaired) electrons. The van der Waals surface area contributed by atoms with Crippen LogP contribution in [0, 0.1) is 0 Å². The number of hydrogen-bond acceptors (Lipinski definition) is 1. The van der Waals surface area contributed by atoms with E-state index in [1.807, 2.05) is 0 Å². The molecule has 128 valence electrons. The molecule has 0 unspecified atom stereocenters. The van der Waals surface area contributed by atoms with E-state index in [1.165, 1.54) is 33.9 Å². The third kappa shape index (κ3) is 5.01. The molecule has 0 saturated heterocycles. The average molecular weight is 420 g/mol. The van der Waals surface area contributed by atoms with Crippen molar-refractivity contribution >= 4 is 27.2 Å². The van der Waals surface area contributed by atoms with Crippen LogP contribution in [0.5, 0.6) is 0 Å². The Morgan fingerprint density at radius 1 is 0.619 bits per heavy atom. The summed E-state index contributed by atoms with van der Waals surface area (Å²) in [6.45, 7) is 24.3. The Labute approximate surface area is 141 Å². The van der Waals surface area contributed by atoms with Crippen LogP contribution in [-0.2, 0) is 2.79 Å². The van der Waals surface area contributed by atoms with Crippen LogP contribution >= 0.6 is 0 Å². The summed E-state index contributed by atoms with van der Waals surface area (Å²) in [6, 6.07) is 0. The minimum atomic E-state index is -2.32. The van der Waals surface area contributed by atoms with Gasteiger partial charge in [-0.25, -0.2) is 0 Å². The molecular formula is C18H42Ge2O. The summed E-state index contributed by atoms with van der Waals surface area (Å²) >= 11 is -4.61. The van der Waals surface area contributed by atoms with Gasteiger partial charge in [0.25, 0.3) is 0 Å². The number of rotatable bonds is 8. The van der Waals surface area contributed by atoms with Crippen LogP contribution < -0.4 is 0 Å². The van der Waals surface area contributed by atoms with E-state index in [4.69, 9.17) is 2.79 Å². The molecule has 21 heavy (non-hydrogen) atoms. The van der Waals surface area contributed by atoms with Gasteiger partial charge >= 0.3 is 142 Å². The first-order valence-corrected chi connectivity index (χ1v) is 18.9. The van der Waals surface area contributed by atoms with Gasteiger partial charge in [0.05, 0.1) is 0 Å². The third-order valence-corrected chi connectivity index (χ3v) is 37.5. The molecule has 1 nitrogen and oxygen atoms in total. The average Bonchev–Trinajstić information content (AvgIpc) is 2.33. The van der Waals surface area contributed by atoms with Crippen molar-refractivity contribution in [2.45, 2.75) is 112 Å². The standard InChI is InChI=1S/C18H42Ge2O/c1-11-15-20(16-12-2,18(8,9)10)21-19(13-3,14-4)17(5,6)7/h11-16H2,1-10H3. The SMILES string of the molecule is CC[CH2][Ge]([CH2]CC)([O][Ge]([CH2]C)([CH2]C)[C](C)(C)C)[C](C)(C)C. The zero-order valence-corrected chi connectivity index (χ0v) is 20.8. The van der Waals surface area contributed by atoms with Crippen LogP contribution in [-0.4, -0.2) is 27.2 Å². The second kappa shape index (κ2) is 8.24. The normalized spacial score (nSPS) is 14.6. The van der Waals surface area contributed by atoms with Gasteiger partial charge in [-0.1, -0.05) is 0 Å². The van der Waals surface area contributed by atoms with E-state index in [0.717, 1.165) is 0 Å². The van der Waals surface area contributed by atoms with Gasteiger partial charge in [0.15, 0.2) is 0 Å². The van der Waals surface area contributed by atoms with Crippen LogP contribution in [0.15, 0.2) is 0 Å². The summed E-state index contributed by atoms with van der Waals surface area (Å²) in [6.07, 6.45) is 2.60. The molecule has 0 fully saturated rings.